The number of hydrogen-bond donors (Lipinski definition) is 0. The van der Waals surface area contributed by atoms with E-state index in [-0.39, 0.29) is 13.3 Å². The van der Waals surface area contributed by atoms with Gasteiger partial charge >= 0.3 is 0 Å². The zero-order valence-corrected chi connectivity index (χ0v) is 12.7. The van der Waals surface area contributed by atoms with Crippen LogP contribution in [0.5, 0.6) is 0 Å². The first-order valence-corrected chi connectivity index (χ1v) is 6.86. The molecule has 0 aromatic carbocycles. The first-order chi connectivity index (χ1) is 7.83. The van der Waals surface area contributed by atoms with Crippen molar-refractivity contribution in [3.8, 4) is 0 Å². The maximum Gasteiger partial charge on any atom is 0.166 e. The minimum absolute atomic E-state index is 0.222. The summed E-state index contributed by atoms with van der Waals surface area (Å²) in [5.41, 5.74) is 0. The van der Waals surface area contributed by atoms with Crippen LogP contribution in [0, 0.1) is 0 Å². The lowest BCUT2D eigenvalue weighted by Gasteiger charge is -1.82. The second kappa shape index (κ2) is 29.4. The van der Waals surface area contributed by atoms with E-state index >= 15 is 0 Å². The van der Waals surface area contributed by atoms with Crippen molar-refractivity contribution in [1.82, 2.24) is 13.5 Å². The molecule has 0 fully saturated rings. The highest BCUT2D eigenvalue weighted by molar-refractivity contribution is 7.43. The van der Waals surface area contributed by atoms with Gasteiger partial charge in [-0.3, -0.25) is 4.39 Å². The average molecular weight is 291 g/mol. The fraction of sp³-hybridized carbons (Fsp3) is 1.00. The molecule has 1 heterocycles. The Morgan fingerprint density at radius 1 is 1.00 bits per heavy atom. The van der Waals surface area contributed by atoms with Gasteiger partial charge in [-0.05, 0) is 0 Å². The zero-order valence-electron chi connectivity index (χ0n) is 9.97. The molecule has 0 aliphatic rings. The summed E-state index contributed by atoms with van der Waals surface area (Å²) in [7, 11) is 4.46. The molecule has 0 radical (unpaired) electrons. The molecule has 0 aliphatic heterocycles. The fourth-order valence-electron chi connectivity index (χ4n) is 0.184. The third-order valence-electron chi connectivity index (χ3n) is 0.521. The molecule has 0 N–H and O–H groups in total. The van der Waals surface area contributed by atoms with Crippen molar-refractivity contribution in [2.75, 3.05) is 27.6 Å². The average Bonchev–Trinajstić information content (AvgIpc) is 2.37. The maximum absolute atomic E-state index is 10.9. The number of nitrogens with zero attached hydrogens (tertiary/aromatic N) is 3. The second-order valence-corrected chi connectivity index (χ2v) is 4.61. The molecule has 16 heavy (non-hydrogen) atoms. The van der Waals surface area contributed by atoms with E-state index in [0.717, 1.165) is 25.5 Å². The Kier molecular flexibility index (Phi) is 39.4. The van der Waals surface area contributed by atoms with Gasteiger partial charge in [-0.2, -0.15) is 13.5 Å². The van der Waals surface area contributed by atoms with Crippen molar-refractivity contribution in [3.63, 3.8) is 0 Å². The van der Waals surface area contributed by atoms with Gasteiger partial charge in [0, 0.05) is 7.11 Å². The van der Waals surface area contributed by atoms with Gasteiger partial charge in [-0.15, -0.1) is 0 Å². The number of hydrogen-bond acceptors (Lipinski definition) is 4. The molecule has 4 nitrogen and oxygen atoms in total. The van der Waals surface area contributed by atoms with Gasteiger partial charge in [0.2, 0.25) is 0 Å². The van der Waals surface area contributed by atoms with Crippen LogP contribution in [0.1, 0.15) is 20.3 Å². The van der Waals surface area contributed by atoms with Gasteiger partial charge < -0.3 is 4.74 Å². The van der Waals surface area contributed by atoms with Crippen LogP contribution in [-0.4, -0.2) is 41.1 Å². The van der Waals surface area contributed by atoms with Gasteiger partial charge in [0.15, 0.2) is 25.5 Å². The number of aromatic nitrogens is 3. The summed E-state index contributed by atoms with van der Waals surface area (Å²) in [6.07, 6.45) is 1.25. The van der Waals surface area contributed by atoms with Gasteiger partial charge in [-0.25, -0.2) is 4.39 Å². The lowest BCUT2D eigenvalue weighted by Crippen LogP contribution is -1.86. The van der Waals surface area contributed by atoms with E-state index in [0.29, 0.717) is 7.18 Å². The van der Waals surface area contributed by atoms with E-state index in [2.05, 4.69) is 32.1 Å². The van der Waals surface area contributed by atoms with Crippen molar-refractivity contribution in [1.29, 1.82) is 0 Å². The van der Waals surface area contributed by atoms with Crippen LogP contribution in [-0.2, 0) is 4.74 Å². The molecule has 1 aromatic rings. The van der Waals surface area contributed by atoms with E-state index in [1.807, 2.05) is 0 Å². The van der Waals surface area contributed by atoms with E-state index in [1.54, 1.807) is 0 Å². The lowest BCUT2D eigenvalue weighted by molar-refractivity contribution is 0.175. The Labute approximate surface area is 101 Å². The van der Waals surface area contributed by atoms with Gasteiger partial charge in [0.1, 0.15) is 6.67 Å². The highest BCUT2D eigenvalue weighted by Crippen LogP contribution is 2.01. The van der Waals surface area contributed by atoms with Crippen LogP contribution >= 0.6 is 25.5 Å². The summed E-state index contributed by atoms with van der Waals surface area (Å²) in [5.74, 6) is 0. The number of methoxy groups -OCH3 is 1. The largest absolute Gasteiger partial charge is 0.382 e. The quantitative estimate of drug-likeness (QED) is 0.818. The summed E-state index contributed by atoms with van der Waals surface area (Å²) >= 11 is 0. The molecule has 1 rings (SSSR count). The molecule has 96 valence electrons. The Morgan fingerprint density at radius 3 is 1.38 bits per heavy atom. The van der Waals surface area contributed by atoms with Crippen molar-refractivity contribution in [3.05, 3.63) is 0 Å². The normalized spacial score (nSPS) is 8.62. The standard InChI is InChI=1S/C3H7FO.C3H8.CH3F.N3P3/c1-5-3-2-4;1-3-2;1-2;1-4-2-6-3-5-1/h2-3H2,1H3;3H2,1-2H3;1H3;. The lowest BCUT2D eigenvalue weighted by atomic mass is 10.6. The Bertz CT molecular complexity index is 148. The number of ether oxygens (including phenoxy) is 1. The molecule has 0 aliphatic carbocycles. The van der Waals surface area contributed by atoms with Crippen molar-refractivity contribution < 1.29 is 13.5 Å². The summed E-state index contributed by atoms with van der Waals surface area (Å²) in [5, 5.41) is 0. The van der Waals surface area contributed by atoms with Crippen LogP contribution in [0.25, 0.3) is 0 Å². The second-order valence-electron chi connectivity index (χ2n) is 1.93. The monoisotopic (exact) mass is 291 g/mol. The molecule has 0 unspecified atom stereocenters. The Balaban J connectivity index is -0.000000155. The number of halogens is 2. The zero-order chi connectivity index (χ0) is 13.1. The summed E-state index contributed by atoms with van der Waals surface area (Å²) in [6, 6.07) is 0. The van der Waals surface area contributed by atoms with E-state index in [1.165, 1.54) is 13.5 Å². The third kappa shape index (κ3) is 36.9. The van der Waals surface area contributed by atoms with Crippen LogP contribution < -0.4 is 0 Å². The minimum atomic E-state index is -0.378. The highest BCUT2D eigenvalue weighted by atomic mass is 31.1. The molecular weight excluding hydrogens is 273 g/mol. The topological polar surface area (TPSA) is 47.9 Å². The van der Waals surface area contributed by atoms with E-state index < -0.39 is 0 Å². The predicted octanol–water partition coefficient (Wildman–Crippen LogP) is 4.22. The maximum atomic E-state index is 10.9. The number of rotatable bonds is 2. The van der Waals surface area contributed by atoms with Gasteiger partial charge in [0.25, 0.3) is 0 Å². The summed E-state index contributed by atoms with van der Waals surface area (Å²) in [4.78, 5) is 0. The molecule has 0 saturated heterocycles. The molecule has 0 spiro atoms. The van der Waals surface area contributed by atoms with Crippen LogP contribution in [0.3, 0.4) is 0 Å². The summed E-state index contributed by atoms with van der Waals surface area (Å²) < 4.78 is 36.0. The van der Waals surface area contributed by atoms with E-state index in [9.17, 15) is 8.78 Å². The Hall–Kier alpha value is 0.120. The van der Waals surface area contributed by atoms with Crippen molar-refractivity contribution in [2.45, 2.75) is 20.3 Å². The molecule has 1 aromatic heterocycles. The van der Waals surface area contributed by atoms with Crippen molar-refractivity contribution in [2.24, 2.45) is 0 Å². The molecule has 0 bridgehead atoms. The fourth-order valence-corrected chi connectivity index (χ4v) is 2.01. The molecule has 0 atom stereocenters. The first-order valence-electron chi connectivity index (χ1n) is 4.46. The first kappa shape index (κ1) is 21.4. The molecule has 9 heteroatoms. The predicted molar refractivity (Wildman–Crippen MR) is 68.2 cm³/mol. The number of alkyl halides is 2. The van der Waals surface area contributed by atoms with Gasteiger partial charge in [-0.1, -0.05) is 20.3 Å². The molecule has 0 saturated carbocycles. The summed E-state index contributed by atoms with van der Waals surface area (Å²) in [6.45, 7) is 4.09. The van der Waals surface area contributed by atoms with Crippen molar-refractivity contribution >= 4 is 25.5 Å². The minimum Gasteiger partial charge on any atom is -0.382 e. The van der Waals surface area contributed by atoms with Crippen LogP contribution in [0.4, 0.5) is 8.78 Å². The molecular formula is C7H18F2N3OP3. The SMILES string of the molecule is CCC.CF.COCCF.n1pnpnp1. The Morgan fingerprint density at radius 2 is 1.31 bits per heavy atom. The van der Waals surface area contributed by atoms with E-state index in [4.69, 9.17) is 0 Å². The van der Waals surface area contributed by atoms with Crippen LogP contribution in [0.15, 0.2) is 0 Å². The third-order valence-corrected chi connectivity index (χ3v) is 2.44. The van der Waals surface area contributed by atoms with Crippen LogP contribution in [0.2, 0.25) is 0 Å². The smallest absolute Gasteiger partial charge is 0.166 e. The molecule has 0 amide bonds. The van der Waals surface area contributed by atoms with Gasteiger partial charge in [0.05, 0.1) is 13.8 Å². The highest BCUT2D eigenvalue weighted by Gasteiger charge is 1.70.